The van der Waals surface area contributed by atoms with E-state index in [4.69, 9.17) is 0 Å². The van der Waals surface area contributed by atoms with Crippen LogP contribution in [0.4, 0.5) is 0 Å². The molecule has 1 heterocycles. The van der Waals surface area contributed by atoms with Gasteiger partial charge >= 0.3 is 5.97 Å². The Kier molecular flexibility index (Phi) is 6.49. The van der Waals surface area contributed by atoms with Crippen LogP contribution in [0.3, 0.4) is 0 Å². The topological polar surface area (TPSA) is 88.6 Å². The largest absolute Gasteiger partial charge is 0.465 e. The number of hydrogen-bond acceptors (Lipinski definition) is 6. The first-order chi connectivity index (χ1) is 10.9. The van der Waals surface area contributed by atoms with E-state index in [0.717, 1.165) is 6.54 Å². The number of hydrogen-bond donors (Lipinski definition) is 1. The first-order valence-electron chi connectivity index (χ1n) is 7.62. The number of rotatable bonds is 7. The van der Waals surface area contributed by atoms with Gasteiger partial charge in [-0.05, 0) is 39.4 Å². The standard InChI is InChI=1S/C16H27N3O4S/c1-11-14(15(20)23-7)8-13(9-17-11)24(21,22)18-12(2)16(3,4)10-19(5)6/h8-9,12,18H,10H2,1-7H3/t12-/m1/s1. The maximum absolute atomic E-state index is 12.6. The van der Waals surface area contributed by atoms with Crippen LogP contribution in [0.5, 0.6) is 0 Å². The molecule has 0 bridgehead atoms. The van der Waals surface area contributed by atoms with E-state index in [9.17, 15) is 13.2 Å². The van der Waals surface area contributed by atoms with E-state index in [0.29, 0.717) is 5.69 Å². The van der Waals surface area contributed by atoms with Crippen molar-refractivity contribution >= 4 is 16.0 Å². The lowest BCUT2D eigenvalue weighted by atomic mass is 9.85. The van der Waals surface area contributed by atoms with E-state index >= 15 is 0 Å². The summed E-state index contributed by atoms with van der Waals surface area (Å²) in [4.78, 5) is 17.7. The molecular weight excluding hydrogens is 330 g/mol. The van der Waals surface area contributed by atoms with Crippen molar-refractivity contribution in [3.63, 3.8) is 0 Å². The summed E-state index contributed by atoms with van der Waals surface area (Å²) in [5.41, 5.74) is 0.280. The molecule has 0 aliphatic carbocycles. The molecule has 0 aromatic carbocycles. The Labute approximate surface area is 144 Å². The highest BCUT2D eigenvalue weighted by atomic mass is 32.2. The van der Waals surface area contributed by atoms with E-state index in [1.165, 1.54) is 19.4 Å². The average Bonchev–Trinajstić information content (AvgIpc) is 2.44. The van der Waals surface area contributed by atoms with Crippen molar-refractivity contribution in [2.75, 3.05) is 27.7 Å². The molecule has 0 unspecified atom stereocenters. The van der Waals surface area contributed by atoms with Crippen molar-refractivity contribution < 1.29 is 17.9 Å². The van der Waals surface area contributed by atoms with Gasteiger partial charge in [0.1, 0.15) is 4.90 Å². The molecule has 1 rings (SSSR count). The number of nitrogens with zero attached hydrogens (tertiary/aromatic N) is 2. The Hall–Kier alpha value is -1.51. The van der Waals surface area contributed by atoms with Crippen LogP contribution in [-0.2, 0) is 14.8 Å². The van der Waals surface area contributed by atoms with Crippen molar-refractivity contribution in [2.24, 2.45) is 5.41 Å². The smallest absolute Gasteiger partial charge is 0.339 e. The summed E-state index contributed by atoms with van der Waals surface area (Å²) in [5, 5.41) is 0. The third-order valence-electron chi connectivity index (χ3n) is 4.01. The molecule has 0 saturated carbocycles. The highest BCUT2D eigenvalue weighted by Crippen LogP contribution is 2.23. The van der Waals surface area contributed by atoms with Crippen LogP contribution < -0.4 is 4.72 Å². The molecule has 1 atom stereocenters. The summed E-state index contributed by atoms with van der Waals surface area (Å²) in [5.74, 6) is -0.613. The van der Waals surface area contributed by atoms with E-state index in [2.05, 4.69) is 14.4 Å². The maximum Gasteiger partial charge on any atom is 0.339 e. The van der Waals surface area contributed by atoms with E-state index in [1.807, 2.05) is 39.8 Å². The van der Waals surface area contributed by atoms with E-state index in [-0.39, 0.29) is 21.9 Å². The molecule has 1 aromatic heterocycles. The van der Waals surface area contributed by atoms with Gasteiger partial charge in [0, 0.05) is 18.8 Å². The first kappa shape index (κ1) is 20.5. The molecule has 1 N–H and O–H groups in total. The lowest BCUT2D eigenvalue weighted by Crippen LogP contribution is -2.47. The molecule has 24 heavy (non-hydrogen) atoms. The van der Waals surface area contributed by atoms with Gasteiger partial charge in [0.25, 0.3) is 0 Å². The molecule has 0 spiro atoms. The fourth-order valence-electron chi connectivity index (χ4n) is 2.39. The monoisotopic (exact) mass is 357 g/mol. The second-order valence-corrected chi connectivity index (χ2v) is 8.58. The SMILES string of the molecule is COC(=O)c1cc(S(=O)(=O)N[C@H](C)C(C)(C)CN(C)C)cnc1C. The minimum atomic E-state index is -3.80. The molecular formula is C16H27N3O4S. The number of pyridine rings is 1. The predicted octanol–water partition coefficient (Wildman–Crippen LogP) is 1.43. The molecule has 136 valence electrons. The van der Waals surface area contributed by atoms with Gasteiger partial charge in [-0.25, -0.2) is 17.9 Å². The van der Waals surface area contributed by atoms with Gasteiger partial charge in [0.05, 0.1) is 18.4 Å². The van der Waals surface area contributed by atoms with Crippen LogP contribution in [0.1, 0.15) is 36.8 Å². The lowest BCUT2D eigenvalue weighted by Gasteiger charge is -2.34. The maximum atomic E-state index is 12.6. The van der Waals surface area contributed by atoms with Gasteiger partial charge in [-0.15, -0.1) is 0 Å². The van der Waals surface area contributed by atoms with Crippen molar-refractivity contribution in [3.8, 4) is 0 Å². The Morgan fingerprint density at radius 1 is 1.42 bits per heavy atom. The van der Waals surface area contributed by atoms with Crippen LogP contribution >= 0.6 is 0 Å². The zero-order valence-electron chi connectivity index (χ0n) is 15.4. The predicted molar refractivity (Wildman–Crippen MR) is 92.4 cm³/mol. The second kappa shape index (κ2) is 7.58. The van der Waals surface area contributed by atoms with Crippen molar-refractivity contribution in [1.82, 2.24) is 14.6 Å². The molecule has 8 heteroatoms. The average molecular weight is 357 g/mol. The summed E-state index contributed by atoms with van der Waals surface area (Å²) >= 11 is 0. The third kappa shape index (κ3) is 4.99. The molecule has 0 saturated heterocycles. The van der Waals surface area contributed by atoms with Gasteiger partial charge in [-0.1, -0.05) is 13.8 Å². The number of methoxy groups -OCH3 is 1. The molecule has 1 aromatic rings. The van der Waals surface area contributed by atoms with Gasteiger partial charge < -0.3 is 9.64 Å². The van der Waals surface area contributed by atoms with Gasteiger partial charge in [0.2, 0.25) is 10.0 Å². The van der Waals surface area contributed by atoms with Crippen LogP contribution in [-0.4, -0.2) is 58.1 Å². The molecule has 7 nitrogen and oxygen atoms in total. The number of carbonyl (C=O) groups is 1. The summed E-state index contributed by atoms with van der Waals surface area (Å²) in [6, 6.07) is 0.982. The molecule has 0 fully saturated rings. The Balaban J connectivity index is 3.11. The van der Waals surface area contributed by atoms with Crippen molar-refractivity contribution in [3.05, 3.63) is 23.5 Å². The highest BCUT2D eigenvalue weighted by molar-refractivity contribution is 7.89. The Morgan fingerprint density at radius 3 is 2.50 bits per heavy atom. The zero-order valence-corrected chi connectivity index (χ0v) is 16.2. The van der Waals surface area contributed by atoms with Gasteiger partial charge in [0.15, 0.2) is 0 Å². The van der Waals surface area contributed by atoms with Crippen LogP contribution in [0.15, 0.2) is 17.2 Å². The number of sulfonamides is 1. The lowest BCUT2D eigenvalue weighted by molar-refractivity contribution is 0.0599. The summed E-state index contributed by atoms with van der Waals surface area (Å²) < 4.78 is 32.6. The summed E-state index contributed by atoms with van der Waals surface area (Å²) in [7, 11) is 1.32. The summed E-state index contributed by atoms with van der Waals surface area (Å²) in [6.07, 6.45) is 1.25. The van der Waals surface area contributed by atoms with Crippen LogP contribution in [0.25, 0.3) is 0 Å². The van der Waals surface area contributed by atoms with Crippen molar-refractivity contribution in [1.29, 1.82) is 0 Å². The number of carbonyl (C=O) groups excluding carboxylic acids is 1. The molecule has 0 aliphatic rings. The number of aromatic nitrogens is 1. The van der Waals surface area contributed by atoms with Crippen molar-refractivity contribution in [2.45, 2.75) is 38.6 Å². The number of aryl methyl sites for hydroxylation is 1. The molecule has 0 amide bonds. The second-order valence-electron chi connectivity index (χ2n) is 6.86. The fourth-order valence-corrected chi connectivity index (χ4v) is 3.77. The fraction of sp³-hybridized carbons (Fsp3) is 0.625. The highest BCUT2D eigenvalue weighted by Gasteiger charge is 2.31. The Bertz CT molecular complexity index is 699. The first-order valence-corrected chi connectivity index (χ1v) is 9.11. The van der Waals surface area contributed by atoms with Gasteiger partial charge in [-0.2, -0.15) is 0 Å². The number of ether oxygens (including phenoxy) is 1. The van der Waals surface area contributed by atoms with Crippen LogP contribution in [0, 0.1) is 12.3 Å². The van der Waals surface area contributed by atoms with E-state index < -0.39 is 16.0 Å². The minimum Gasteiger partial charge on any atom is -0.465 e. The normalized spacial score (nSPS) is 13.8. The Morgan fingerprint density at radius 2 is 2.00 bits per heavy atom. The number of nitrogens with one attached hydrogen (secondary N) is 1. The van der Waals surface area contributed by atoms with E-state index in [1.54, 1.807) is 6.92 Å². The minimum absolute atomic E-state index is 0.0546. The quantitative estimate of drug-likeness (QED) is 0.743. The van der Waals surface area contributed by atoms with Gasteiger partial charge in [-0.3, -0.25) is 4.98 Å². The zero-order chi connectivity index (χ0) is 18.7. The molecule has 0 radical (unpaired) electrons. The molecule has 0 aliphatic heterocycles. The summed E-state index contributed by atoms with van der Waals surface area (Å²) in [6.45, 7) is 8.15. The third-order valence-corrected chi connectivity index (χ3v) is 5.51. The number of esters is 1. The van der Waals surface area contributed by atoms with Crippen LogP contribution in [0.2, 0.25) is 0 Å².